The number of hydrogen-bond acceptors (Lipinski definition) is 7. The van der Waals surface area contributed by atoms with E-state index in [0.717, 1.165) is 39.7 Å². The molecule has 224 valence electrons. The molecule has 44 heavy (non-hydrogen) atoms. The molecule has 0 spiro atoms. The van der Waals surface area contributed by atoms with Crippen LogP contribution in [0.1, 0.15) is 33.4 Å². The first-order valence-electron chi connectivity index (χ1n) is 14.1. The van der Waals surface area contributed by atoms with Crippen LogP contribution in [-0.2, 0) is 26.3 Å². The summed E-state index contributed by atoms with van der Waals surface area (Å²) in [6.45, 7) is 10.8. The van der Waals surface area contributed by atoms with Crippen LogP contribution in [0, 0.1) is 34.6 Å². The zero-order valence-corrected chi connectivity index (χ0v) is 28.3. The Morgan fingerprint density at radius 3 is 0.841 bits per heavy atom. The molecule has 0 atom stereocenters. The molecule has 0 saturated carbocycles. The fraction of sp³-hybridized carbons (Fsp3) is 0.167. The molecule has 7 nitrogen and oxygen atoms in total. The van der Waals surface area contributed by atoms with E-state index in [4.69, 9.17) is 5.73 Å². The van der Waals surface area contributed by atoms with Gasteiger partial charge in [0.2, 0.25) is 0 Å². The van der Waals surface area contributed by atoms with E-state index in [2.05, 4.69) is 57.6 Å². The second-order valence-electron chi connectivity index (χ2n) is 10.3. The van der Waals surface area contributed by atoms with Gasteiger partial charge in [-0.15, -0.1) is 0 Å². The molecule has 0 bridgehead atoms. The van der Waals surface area contributed by atoms with Crippen molar-refractivity contribution < 1.29 is 19.8 Å². The van der Waals surface area contributed by atoms with Crippen molar-refractivity contribution in [2.75, 3.05) is 0 Å². The van der Waals surface area contributed by atoms with E-state index in [1.165, 1.54) is 27.8 Å². The molecule has 0 amide bonds. The van der Waals surface area contributed by atoms with Crippen LogP contribution in [-0.4, -0.2) is 29.9 Å². The molecular weight excluding hydrogens is 721 g/mol. The zero-order valence-electron chi connectivity index (χ0n) is 25.7. The Bertz CT molecular complexity index is 1610. The van der Waals surface area contributed by atoms with E-state index in [0.29, 0.717) is 6.54 Å². The molecule has 0 fully saturated rings. The minimum absolute atomic E-state index is 0. The molecule has 0 aliphatic carbocycles. The Kier molecular flexibility index (Phi) is 13.1. The molecule has 6 rings (SSSR count). The Hall–Kier alpha value is -4.50. The van der Waals surface area contributed by atoms with Crippen LogP contribution in [0.4, 0.5) is 0 Å². The molecular formula is C36H37N7Os. The third kappa shape index (κ3) is 10.3. The smallest absolute Gasteiger partial charge is 0.0889 e. The van der Waals surface area contributed by atoms with Gasteiger partial charge in [0.1, 0.15) is 0 Å². The van der Waals surface area contributed by atoms with Crippen LogP contribution < -0.4 is 5.73 Å². The van der Waals surface area contributed by atoms with E-state index >= 15 is 0 Å². The van der Waals surface area contributed by atoms with E-state index in [9.17, 15) is 0 Å². The van der Waals surface area contributed by atoms with Gasteiger partial charge in [0.25, 0.3) is 0 Å². The van der Waals surface area contributed by atoms with Gasteiger partial charge in [-0.1, -0.05) is 0 Å². The number of aromatic nitrogens is 6. The normalized spacial score (nSPS) is 9.95. The van der Waals surface area contributed by atoms with Gasteiger partial charge in [0.15, 0.2) is 0 Å². The molecule has 0 aromatic carbocycles. The maximum atomic E-state index is 5.58. The standard InChI is InChI=1S/C12H13N3.2C12H12N2.Os/c1-9-2-4-14-11(6-9)12-7-10(8-13)3-5-15-12;2*1-9-3-5-13-11(7-9)12-8-10(2)4-6-14-12;/h2-7H,8,13H2,1H3;2*3-8H,1-2H3;. The van der Waals surface area contributed by atoms with Crippen LogP contribution in [0.3, 0.4) is 0 Å². The van der Waals surface area contributed by atoms with Gasteiger partial charge in [-0.2, -0.15) is 0 Å². The molecule has 0 unspecified atom stereocenters. The summed E-state index contributed by atoms with van der Waals surface area (Å²) in [5, 5.41) is 0. The van der Waals surface area contributed by atoms with Crippen LogP contribution in [0.5, 0.6) is 0 Å². The average Bonchev–Trinajstić information content (AvgIpc) is 3.02. The van der Waals surface area contributed by atoms with Crippen molar-refractivity contribution >= 4 is 0 Å². The number of hydrogen-bond donors (Lipinski definition) is 1. The van der Waals surface area contributed by atoms with Gasteiger partial charge in [-0.25, -0.2) is 0 Å². The predicted octanol–water partition coefficient (Wildman–Crippen LogP) is 7.43. The van der Waals surface area contributed by atoms with Gasteiger partial charge in [-0.05, 0) is 141 Å². The summed E-state index contributed by atoms with van der Waals surface area (Å²) in [6, 6.07) is 24.0. The summed E-state index contributed by atoms with van der Waals surface area (Å²) in [4.78, 5) is 25.7. The molecule has 6 heterocycles. The Morgan fingerprint density at radius 2 is 0.614 bits per heavy atom. The predicted molar refractivity (Wildman–Crippen MR) is 174 cm³/mol. The first-order chi connectivity index (χ1) is 20.8. The fourth-order valence-corrected chi connectivity index (χ4v) is 4.12. The molecule has 8 heteroatoms. The second-order valence-corrected chi connectivity index (χ2v) is 10.3. The topological polar surface area (TPSA) is 103 Å². The van der Waals surface area contributed by atoms with Crippen LogP contribution in [0.15, 0.2) is 110 Å². The monoisotopic (exact) mass is 759 g/mol. The first kappa shape index (κ1) is 34.0. The summed E-state index contributed by atoms with van der Waals surface area (Å²) < 4.78 is 0. The van der Waals surface area contributed by atoms with Crippen LogP contribution in [0.25, 0.3) is 34.2 Å². The summed E-state index contributed by atoms with van der Waals surface area (Å²) in [5.74, 6) is 0. The maximum Gasteiger partial charge on any atom is 0.0889 e. The zero-order chi connectivity index (χ0) is 30.6. The maximum absolute atomic E-state index is 5.58. The quantitative estimate of drug-likeness (QED) is 0.200. The van der Waals surface area contributed by atoms with Crippen molar-refractivity contribution in [3.8, 4) is 34.2 Å². The largest absolute Gasteiger partial charge is 0.326 e. The molecule has 0 saturated heterocycles. The van der Waals surface area contributed by atoms with E-state index in [1.54, 1.807) is 12.4 Å². The Morgan fingerprint density at radius 1 is 0.386 bits per heavy atom. The van der Waals surface area contributed by atoms with Gasteiger partial charge in [0.05, 0.1) is 34.2 Å². The van der Waals surface area contributed by atoms with Gasteiger partial charge >= 0.3 is 0 Å². The summed E-state index contributed by atoms with van der Waals surface area (Å²) in [7, 11) is 0. The van der Waals surface area contributed by atoms with Crippen molar-refractivity contribution in [2.45, 2.75) is 41.2 Å². The first-order valence-corrected chi connectivity index (χ1v) is 14.1. The second kappa shape index (κ2) is 17.0. The molecule has 6 aromatic heterocycles. The molecule has 0 aliphatic heterocycles. The Labute approximate surface area is 273 Å². The third-order valence-corrected chi connectivity index (χ3v) is 6.42. The molecule has 6 aromatic rings. The minimum atomic E-state index is 0. The molecule has 2 N–H and O–H groups in total. The third-order valence-electron chi connectivity index (χ3n) is 6.42. The number of rotatable bonds is 4. The van der Waals surface area contributed by atoms with Crippen molar-refractivity contribution in [3.63, 3.8) is 0 Å². The number of nitrogens with two attached hydrogens (primary N) is 1. The van der Waals surface area contributed by atoms with E-state index in [-0.39, 0.29) is 19.8 Å². The molecule has 0 aliphatic rings. The fourth-order valence-electron chi connectivity index (χ4n) is 4.12. The average molecular weight is 758 g/mol. The van der Waals surface area contributed by atoms with Crippen molar-refractivity contribution in [2.24, 2.45) is 5.73 Å². The van der Waals surface area contributed by atoms with Crippen LogP contribution in [0.2, 0.25) is 0 Å². The van der Waals surface area contributed by atoms with Gasteiger partial charge < -0.3 is 5.73 Å². The summed E-state index contributed by atoms with van der Waals surface area (Å²) in [5.41, 5.74) is 18.2. The van der Waals surface area contributed by atoms with Crippen molar-refractivity contribution in [3.05, 3.63) is 143 Å². The number of nitrogens with zero attached hydrogens (tertiary/aromatic N) is 6. The van der Waals surface area contributed by atoms with E-state index in [1.807, 2.05) is 105 Å². The number of pyridine rings is 6. The van der Waals surface area contributed by atoms with Gasteiger partial charge in [-0.3, -0.25) is 29.9 Å². The van der Waals surface area contributed by atoms with E-state index < -0.39 is 0 Å². The van der Waals surface area contributed by atoms with Crippen molar-refractivity contribution in [1.82, 2.24) is 29.9 Å². The van der Waals surface area contributed by atoms with Gasteiger partial charge in [0, 0.05) is 63.5 Å². The summed E-state index contributed by atoms with van der Waals surface area (Å²) >= 11 is 0. The van der Waals surface area contributed by atoms with Crippen LogP contribution >= 0.6 is 0 Å². The molecule has 0 radical (unpaired) electrons. The summed E-state index contributed by atoms with van der Waals surface area (Å²) in [6.07, 6.45) is 10.8. The minimum Gasteiger partial charge on any atom is -0.326 e. The number of aryl methyl sites for hydroxylation is 5. The SMILES string of the molecule is Cc1ccnc(-c2cc(C)ccn2)c1.Cc1ccnc(-c2cc(C)ccn2)c1.Cc1ccnc(-c2cc(CN)ccn2)c1.[Os]. The Balaban J connectivity index is 0.000000178. The van der Waals surface area contributed by atoms with Crippen molar-refractivity contribution in [1.29, 1.82) is 0 Å².